The highest BCUT2D eigenvalue weighted by atomic mass is 16.5. The molecule has 0 fully saturated rings. The first-order valence-corrected chi connectivity index (χ1v) is 11.0. The number of nitrogens with one attached hydrogen (secondary N) is 1. The molecule has 3 aromatic rings. The second kappa shape index (κ2) is 10.5. The zero-order valence-electron chi connectivity index (χ0n) is 18.9. The van der Waals surface area contributed by atoms with Crippen LogP contribution in [0.3, 0.4) is 0 Å². The molecule has 0 aromatic heterocycles. The molecular formula is C28H25N3O3. The van der Waals surface area contributed by atoms with Gasteiger partial charge in [-0.15, -0.1) is 6.42 Å². The predicted molar refractivity (Wildman–Crippen MR) is 132 cm³/mol. The van der Waals surface area contributed by atoms with Crippen LogP contribution in [-0.4, -0.2) is 29.6 Å². The summed E-state index contributed by atoms with van der Waals surface area (Å²) in [4.78, 5) is 25.6. The number of anilines is 1. The number of benzene rings is 3. The second-order valence-corrected chi connectivity index (χ2v) is 7.92. The summed E-state index contributed by atoms with van der Waals surface area (Å²) in [6, 6.07) is 24.2. The van der Waals surface area contributed by atoms with Crippen molar-refractivity contribution >= 4 is 23.2 Å². The molecule has 0 saturated heterocycles. The van der Waals surface area contributed by atoms with Gasteiger partial charge in [-0.3, -0.25) is 9.59 Å². The molecule has 1 aliphatic rings. The lowest BCUT2D eigenvalue weighted by atomic mass is 9.98. The van der Waals surface area contributed by atoms with Crippen molar-refractivity contribution in [1.82, 2.24) is 5.01 Å². The van der Waals surface area contributed by atoms with Crippen LogP contribution in [0, 0.1) is 12.3 Å². The van der Waals surface area contributed by atoms with Gasteiger partial charge in [0.15, 0.2) is 0 Å². The fourth-order valence-electron chi connectivity index (χ4n) is 3.88. The Hall–Kier alpha value is -4.37. The molecule has 4 rings (SSSR count). The van der Waals surface area contributed by atoms with E-state index >= 15 is 0 Å². The molecule has 0 aliphatic carbocycles. The molecule has 3 aromatic carbocycles. The standard InChI is InChI=1S/C28H25N3O3/c1-3-20-8-7-11-23(18-20)29-27(32)16-17-28(33)31-26(22-12-14-24(34-2)15-13-22)19-25(30-31)21-9-5-4-6-10-21/h1,4-15,18,26H,16-17,19H2,2H3,(H,29,32)/t26-/m1/s1. The van der Waals surface area contributed by atoms with Gasteiger partial charge in [0.25, 0.3) is 0 Å². The lowest BCUT2D eigenvalue weighted by Crippen LogP contribution is -2.28. The van der Waals surface area contributed by atoms with E-state index in [-0.39, 0.29) is 30.7 Å². The lowest BCUT2D eigenvalue weighted by molar-refractivity contribution is -0.134. The largest absolute Gasteiger partial charge is 0.497 e. The molecule has 2 amide bonds. The van der Waals surface area contributed by atoms with Crippen molar-refractivity contribution in [3.63, 3.8) is 0 Å². The van der Waals surface area contributed by atoms with Crippen molar-refractivity contribution in [2.75, 3.05) is 12.4 Å². The van der Waals surface area contributed by atoms with Gasteiger partial charge in [0.1, 0.15) is 5.75 Å². The minimum atomic E-state index is -0.255. The van der Waals surface area contributed by atoms with Crippen molar-refractivity contribution < 1.29 is 14.3 Å². The number of carbonyl (C=O) groups excluding carboxylic acids is 2. The Morgan fingerprint density at radius 2 is 1.82 bits per heavy atom. The predicted octanol–water partition coefficient (Wildman–Crippen LogP) is 4.77. The summed E-state index contributed by atoms with van der Waals surface area (Å²) in [5, 5.41) is 8.97. The molecule has 1 N–H and O–H groups in total. The van der Waals surface area contributed by atoms with Gasteiger partial charge in [-0.2, -0.15) is 5.10 Å². The summed E-state index contributed by atoms with van der Waals surface area (Å²) >= 11 is 0. The first-order valence-electron chi connectivity index (χ1n) is 11.0. The number of amides is 2. The minimum Gasteiger partial charge on any atom is -0.497 e. The van der Waals surface area contributed by atoms with Crippen molar-refractivity contribution in [2.45, 2.75) is 25.3 Å². The summed E-state index contributed by atoms with van der Waals surface area (Å²) in [5.41, 5.74) is 4.05. The first-order chi connectivity index (χ1) is 16.6. The summed E-state index contributed by atoms with van der Waals surface area (Å²) in [6.07, 6.45) is 6.09. The maximum Gasteiger partial charge on any atom is 0.243 e. The molecule has 0 saturated carbocycles. The summed E-state index contributed by atoms with van der Waals surface area (Å²) in [7, 11) is 1.62. The van der Waals surface area contributed by atoms with Crippen LogP contribution in [0.15, 0.2) is 84.0 Å². The van der Waals surface area contributed by atoms with Crippen LogP contribution in [0.4, 0.5) is 5.69 Å². The second-order valence-electron chi connectivity index (χ2n) is 7.92. The zero-order valence-corrected chi connectivity index (χ0v) is 18.9. The van der Waals surface area contributed by atoms with Gasteiger partial charge in [0, 0.05) is 30.5 Å². The molecule has 0 unspecified atom stereocenters. The van der Waals surface area contributed by atoms with Crippen molar-refractivity contribution in [2.24, 2.45) is 5.10 Å². The van der Waals surface area contributed by atoms with Crippen molar-refractivity contribution in [3.05, 3.63) is 95.6 Å². The monoisotopic (exact) mass is 451 g/mol. The fraction of sp³-hybridized carbons (Fsp3) is 0.179. The normalized spacial score (nSPS) is 14.8. The van der Waals surface area contributed by atoms with Crippen LogP contribution < -0.4 is 10.1 Å². The van der Waals surface area contributed by atoms with E-state index in [9.17, 15) is 9.59 Å². The Bertz CT molecular complexity index is 1240. The van der Waals surface area contributed by atoms with Crippen molar-refractivity contribution in [1.29, 1.82) is 0 Å². The maximum atomic E-state index is 13.2. The van der Waals surface area contributed by atoms with E-state index in [1.165, 1.54) is 5.01 Å². The highest BCUT2D eigenvalue weighted by molar-refractivity contribution is 6.03. The number of rotatable bonds is 7. The van der Waals surface area contributed by atoms with E-state index in [4.69, 9.17) is 11.2 Å². The summed E-state index contributed by atoms with van der Waals surface area (Å²) < 4.78 is 5.26. The van der Waals surface area contributed by atoms with Gasteiger partial charge in [-0.05, 0) is 41.5 Å². The van der Waals surface area contributed by atoms with E-state index in [1.54, 1.807) is 31.4 Å². The van der Waals surface area contributed by atoms with Crippen LogP contribution in [0.1, 0.15) is 42.0 Å². The Kier molecular flexibility index (Phi) is 7.04. The number of hydrogen-bond acceptors (Lipinski definition) is 4. The third-order valence-corrected chi connectivity index (χ3v) is 5.65. The van der Waals surface area contributed by atoms with Gasteiger partial charge < -0.3 is 10.1 Å². The van der Waals surface area contributed by atoms with Crippen LogP contribution in [0.5, 0.6) is 5.75 Å². The molecular weight excluding hydrogens is 426 g/mol. The maximum absolute atomic E-state index is 13.2. The van der Waals surface area contributed by atoms with E-state index in [2.05, 4.69) is 16.3 Å². The van der Waals surface area contributed by atoms with Gasteiger partial charge >= 0.3 is 0 Å². The van der Waals surface area contributed by atoms with Crippen LogP contribution in [0.2, 0.25) is 0 Å². The molecule has 34 heavy (non-hydrogen) atoms. The number of ether oxygens (including phenoxy) is 1. The van der Waals surface area contributed by atoms with E-state index in [1.807, 2.05) is 54.6 Å². The number of hydrogen-bond donors (Lipinski definition) is 1. The molecule has 0 radical (unpaired) electrons. The average Bonchev–Trinajstić information content (AvgIpc) is 3.34. The number of hydrazone groups is 1. The highest BCUT2D eigenvalue weighted by Gasteiger charge is 2.33. The third-order valence-electron chi connectivity index (χ3n) is 5.65. The molecule has 0 spiro atoms. The number of methoxy groups -OCH3 is 1. The Morgan fingerprint density at radius 1 is 1.06 bits per heavy atom. The smallest absolute Gasteiger partial charge is 0.243 e. The third kappa shape index (κ3) is 5.33. The molecule has 170 valence electrons. The van der Waals surface area contributed by atoms with E-state index in [0.29, 0.717) is 17.7 Å². The van der Waals surface area contributed by atoms with Gasteiger partial charge in [-0.1, -0.05) is 54.5 Å². The molecule has 1 atom stereocenters. The van der Waals surface area contributed by atoms with Gasteiger partial charge in [0.2, 0.25) is 11.8 Å². The Labute approximate surface area is 199 Å². The number of carbonyl (C=O) groups is 2. The van der Waals surface area contributed by atoms with Gasteiger partial charge in [0.05, 0.1) is 18.9 Å². The zero-order chi connectivity index (χ0) is 23.9. The molecule has 0 bridgehead atoms. The quantitative estimate of drug-likeness (QED) is 0.526. The van der Waals surface area contributed by atoms with E-state index in [0.717, 1.165) is 22.6 Å². The molecule has 6 heteroatoms. The lowest BCUT2D eigenvalue weighted by Gasteiger charge is -2.22. The van der Waals surface area contributed by atoms with Crippen LogP contribution >= 0.6 is 0 Å². The Morgan fingerprint density at radius 3 is 2.53 bits per heavy atom. The SMILES string of the molecule is C#Cc1cccc(NC(=O)CCC(=O)N2N=C(c3ccccc3)C[C@@H]2c2ccc(OC)cc2)c1. The number of nitrogens with zero attached hydrogens (tertiary/aromatic N) is 2. The molecule has 1 heterocycles. The Balaban J connectivity index is 1.48. The van der Waals surface area contributed by atoms with Gasteiger partial charge in [-0.25, -0.2) is 5.01 Å². The number of terminal acetylenes is 1. The fourth-order valence-corrected chi connectivity index (χ4v) is 3.88. The summed E-state index contributed by atoms with van der Waals surface area (Å²) in [6.45, 7) is 0. The molecule has 6 nitrogen and oxygen atoms in total. The first kappa shape index (κ1) is 22.8. The highest BCUT2D eigenvalue weighted by Crippen LogP contribution is 2.34. The molecule has 1 aliphatic heterocycles. The minimum absolute atomic E-state index is 0.0406. The van der Waals surface area contributed by atoms with Crippen LogP contribution in [0.25, 0.3) is 0 Å². The van der Waals surface area contributed by atoms with Crippen LogP contribution in [-0.2, 0) is 9.59 Å². The average molecular weight is 452 g/mol. The topological polar surface area (TPSA) is 71.0 Å². The van der Waals surface area contributed by atoms with Crippen molar-refractivity contribution in [3.8, 4) is 18.1 Å². The summed E-state index contributed by atoms with van der Waals surface area (Å²) in [5.74, 6) is 2.82. The van der Waals surface area contributed by atoms with E-state index < -0.39 is 0 Å².